The van der Waals surface area contributed by atoms with Crippen LogP contribution in [-0.2, 0) is 5.41 Å². The Hall–Kier alpha value is -1.85. The minimum Gasteiger partial charge on any atom is -0.495 e. The van der Waals surface area contributed by atoms with Gasteiger partial charge in [0, 0.05) is 17.2 Å². The van der Waals surface area contributed by atoms with Gasteiger partial charge in [-0.25, -0.2) is 0 Å². The molecular weight excluding hydrogens is 346 g/mol. The lowest BCUT2D eigenvalue weighted by Crippen LogP contribution is -2.65. The van der Waals surface area contributed by atoms with Crippen molar-refractivity contribution in [2.75, 3.05) is 12.4 Å². The molecule has 0 spiro atoms. The number of ether oxygens (including phenoxy) is 1. The van der Waals surface area contributed by atoms with Crippen LogP contribution in [0.4, 0.5) is 5.69 Å². The number of hydrogen-bond donors (Lipinski definition) is 2. The second-order valence-corrected chi connectivity index (χ2v) is 9.30. The Bertz CT molecular complexity index is 887. The topological polar surface area (TPSA) is 58.6 Å². The van der Waals surface area contributed by atoms with Gasteiger partial charge in [0.2, 0.25) is 0 Å². The summed E-state index contributed by atoms with van der Waals surface area (Å²) in [5.74, 6) is 0.716. The molecule has 4 nitrogen and oxygen atoms in total. The summed E-state index contributed by atoms with van der Waals surface area (Å²) in [4.78, 5) is 12.8. The summed E-state index contributed by atoms with van der Waals surface area (Å²) in [6.45, 7) is 6.37. The van der Waals surface area contributed by atoms with Crippen molar-refractivity contribution < 1.29 is 14.6 Å². The van der Waals surface area contributed by atoms with E-state index in [2.05, 4.69) is 44.3 Å². The van der Waals surface area contributed by atoms with Crippen LogP contribution in [-0.4, -0.2) is 29.6 Å². The molecule has 1 aliphatic heterocycles. The van der Waals surface area contributed by atoms with E-state index in [0.29, 0.717) is 10.6 Å². The molecule has 5 heteroatoms. The normalized spacial score (nSPS) is 28.8. The molecule has 4 rings (SSSR count). The van der Waals surface area contributed by atoms with Gasteiger partial charge < -0.3 is 15.2 Å². The van der Waals surface area contributed by atoms with Gasteiger partial charge in [-0.05, 0) is 56.4 Å². The molecule has 2 heterocycles. The molecule has 2 atom stereocenters. The lowest BCUT2D eigenvalue weighted by atomic mass is 9.60. The highest BCUT2D eigenvalue weighted by atomic mass is 32.1. The lowest BCUT2D eigenvalue weighted by Gasteiger charge is -2.55. The first-order valence-electron chi connectivity index (χ1n) is 9.04. The van der Waals surface area contributed by atoms with Gasteiger partial charge in [0.25, 0.3) is 0 Å². The van der Waals surface area contributed by atoms with Crippen molar-refractivity contribution >= 4 is 23.3 Å². The van der Waals surface area contributed by atoms with Gasteiger partial charge in [-0.1, -0.05) is 13.0 Å². The van der Waals surface area contributed by atoms with E-state index in [1.54, 1.807) is 13.2 Å². The van der Waals surface area contributed by atoms with E-state index in [1.807, 2.05) is 0 Å². The zero-order valence-corrected chi connectivity index (χ0v) is 16.5. The molecule has 0 bridgehead atoms. The zero-order chi connectivity index (χ0) is 18.7. The Morgan fingerprint density at radius 3 is 2.69 bits per heavy atom. The van der Waals surface area contributed by atoms with Crippen molar-refractivity contribution in [1.29, 1.82) is 0 Å². The van der Waals surface area contributed by atoms with Crippen LogP contribution in [0, 0.1) is 0 Å². The summed E-state index contributed by atoms with van der Waals surface area (Å²) in [6.07, 6.45) is 3.63. The number of anilines is 1. The number of thiophene rings is 1. The number of hydrogen-bond acceptors (Lipinski definition) is 5. The quantitative estimate of drug-likeness (QED) is 0.774. The van der Waals surface area contributed by atoms with E-state index in [9.17, 15) is 9.90 Å². The minimum atomic E-state index is -0.793. The molecule has 1 saturated carbocycles. The Labute approximate surface area is 158 Å². The van der Waals surface area contributed by atoms with Crippen molar-refractivity contribution in [2.24, 2.45) is 0 Å². The highest BCUT2D eigenvalue weighted by Gasteiger charge is 2.62. The lowest BCUT2D eigenvalue weighted by molar-refractivity contribution is -0.0628. The summed E-state index contributed by atoms with van der Waals surface area (Å²) < 4.78 is 5.48. The molecule has 0 saturated heterocycles. The number of rotatable bonds is 3. The molecule has 0 amide bonds. The third-order valence-electron chi connectivity index (χ3n) is 6.54. The van der Waals surface area contributed by atoms with Crippen molar-refractivity contribution in [3.05, 3.63) is 34.7 Å². The minimum absolute atomic E-state index is 0.301. The van der Waals surface area contributed by atoms with Crippen LogP contribution in [0.25, 0.3) is 10.4 Å². The summed E-state index contributed by atoms with van der Waals surface area (Å²) in [6, 6.07) is 8.10. The fraction of sp³-hybridized carbons (Fsp3) is 0.476. The van der Waals surface area contributed by atoms with Crippen LogP contribution in [0.1, 0.15) is 55.3 Å². The van der Waals surface area contributed by atoms with Crippen LogP contribution < -0.4 is 10.1 Å². The standard InChI is InChI=1S/C21H25NO3S/c1-19(2)21(24)9-5-8-20(21,3)15-10-13(6-7-16(15)22-19)18-17(25-4)11-14(12-23)26-18/h6-7,10-12,22,24H,5,8-9H2,1-4H3. The predicted octanol–water partition coefficient (Wildman–Crippen LogP) is 4.61. The third-order valence-corrected chi connectivity index (χ3v) is 7.63. The molecule has 26 heavy (non-hydrogen) atoms. The predicted molar refractivity (Wildman–Crippen MR) is 106 cm³/mol. The van der Waals surface area contributed by atoms with Crippen LogP contribution in [0.2, 0.25) is 0 Å². The van der Waals surface area contributed by atoms with E-state index in [0.717, 1.165) is 47.2 Å². The Balaban J connectivity index is 1.90. The average Bonchev–Trinajstić information content (AvgIpc) is 3.17. The molecule has 1 fully saturated rings. The van der Waals surface area contributed by atoms with Crippen LogP contribution in [0.3, 0.4) is 0 Å². The first kappa shape index (κ1) is 17.6. The number of nitrogens with one attached hydrogen (secondary N) is 1. The summed E-state index contributed by atoms with van der Waals surface area (Å²) >= 11 is 1.43. The zero-order valence-electron chi connectivity index (χ0n) is 15.7. The molecular formula is C21H25NO3S. The second-order valence-electron chi connectivity index (χ2n) is 8.22. The molecule has 2 N–H and O–H groups in total. The number of benzene rings is 1. The average molecular weight is 372 g/mol. The number of carbonyl (C=O) groups is 1. The number of methoxy groups -OCH3 is 1. The molecule has 2 aliphatic rings. The highest BCUT2D eigenvalue weighted by molar-refractivity contribution is 7.17. The fourth-order valence-electron chi connectivity index (χ4n) is 5.03. The molecule has 2 unspecified atom stereocenters. The van der Waals surface area contributed by atoms with Gasteiger partial charge in [0.1, 0.15) is 5.75 Å². The van der Waals surface area contributed by atoms with E-state index < -0.39 is 11.1 Å². The molecule has 2 aromatic rings. The first-order chi connectivity index (χ1) is 12.3. The number of aliphatic hydroxyl groups is 1. The van der Waals surface area contributed by atoms with E-state index in [-0.39, 0.29) is 5.41 Å². The molecule has 1 aromatic carbocycles. The van der Waals surface area contributed by atoms with Gasteiger partial charge in [-0.2, -0.15) is 0 Å². The van der Waals surface area contributed by atoms with Crippen LogP contribution >= 0.6 is 11.3 Å². The third kappa shape index (κ3) is 2.13. The van der Waals surface area contributed by atoms with Crippen molar-refractivity contribution in [1.82, 2.24) is 0 Å². The first-order valence-corrected chi connectivity index (χ1v) is 9.86. The maximum atomic E-state index is 11.6. The fourth-order valence-corrected chi connectivity index (χ4v) is 5.97. The van der Waals surface area contributed by atoms with Gasteiger partial charge >= 0.3 is 0 Å². The monoisotopic (exact) mass is 371 g/mol. The van der Waals surface area contributed by atoms with E-state index in [4.69, 9.17) is 4.74 Å². The van der Waals surface area contributed by atoms with Gasteiger partial charge in [0.05, 0.1) is 28.0 Å². The Kier molecular flexibility index (Phi) is 3.76. The molecule has 1 aromatic heterocycles. The van der Waals surface area contributed by atoms with Gasteiger partial charge in [-0.15, -0.1) is 11.3 Å². The van der Waals surface area contributed by atoms with Crippen LogP contribution in [0.5, 0.6) is 5.75 Å². The SMILES string of the molecule is COc1cc(C=O)sc1-c1ccc2c(c1)C1(C)CCCC1(O)C(C)(C)N2. The summed E-state index contributed by atoms with van der Waals surface area (Å²) in [5.41, 5.74) is 1.77. The smallest absolute Gasteiger partial charge is 0.160 e. The van der Waals surface area contributed by atoms with Crippen molar-refractivity contribution in [3.8, 4) is 16.2 Å². The summed E-state index contributed by atoms with van der Waals surface area (Å²) in [7, 11) is 1.62. The second kappa shape index (κ2) is 5.57. The van der Waals surface area contributed by atoms with Gasteiger partial charge in [-0.3, -0.25) is 4.79 Å². The largest absolute Gasteiger partial charge is 0.495 e. The number of fused-ring (bicyclic) bond motifs is 3. The summed E-state index contributed by atoms with van der Waals surface area (Å²) in [5, 5.41) is 15.2. The Morgan fingerprint density at radius 2 is 2.00 bits per heavy atom. The maximum Gasteiger partial charge on any atom is 0.160 e. The van der Waals surface area contributed by atoms with E-state index in [1.165, 1.54) is 11.3 Å². The number of carbonyl (C=O) groups excluding carboxylic acids is 1. The highest BCUT2D eigenvalue weighted by Crippen LogP contribution is 2.59. The Morgan fingerprint density at radius 1 is 1.23 bits per heavy atom. The van der Waals surface area contributed by atoms with Crippen molar-refractivity contribution in [3.63, 3.8) is 0 Å². The molecule has 138 valence electrons. The molecule has 1 aliphatic carbocycles. The van der Waals surface area contributed by atoms with Crippen molar-refractivity contribution in [2.45, 2.75) is 56.6 Å². The number of aldehydes is 1. The van der Waals surface area contributed by atoms with Crippen LogP contribution in [0.15, 0.2) is 24.3 Å². The maximum absolute atomic E-state index is 11.6. The van der Waals surface area contributed by atoms with Gasteiger partial charge in [0.15, 0.2) is 6.29 Å². The molecule has 0 radical (unpaired) electrons. The van der Waals surface area contributed by atoms with E-state index >= 15 is 0 Å².